The number of benzene rings is 1. The molecule has 1 amide bonds. The maximum atomic E-state index is 13.6. The molecule has 226 valence electrons. The molecule has 0 radical (unpaired) electrons. The minimum absolute atomic E-state index is 0.0814. The van der Waals surface area contributed by atoms with E-state index in [4.69, 9.17) is 4.74 Å². The number of carbonyl (C=O) groups is 2. The largest absolute Gasteiger partial charge is 0.496 e. The summed E-state index contributed by atoms with van der Waals surface area (Å²) in [5.41, 5.74) is 6.46. The molecule has 1 aromatic carbocycles. The standard InChI is InChI=1S/C35H52N2O4/c1-9-12-13-23(10-2)21-37-22(4)27(32(38)36-26-16-25(17-26)33(39)40)20-30(37)24-18-28(34(5,6)7)31(41-8)29(19-24)35(11-3)14-15-35/h18-20,23,25-26H,9-17,21H2,1-8H3,(H,36,38)(H,39,40). The Bertz CT molecular complexity index is 1260. The lowest BCUT2D eigenvalue weighted by molar-refractivity contribution is -0.145. The summed E-state index contributed by atoms with van der Waals surface area (Å²) >= 11 is 0. The molecule has 1 heterocycles. The lowest BCUT2D eigenvalue weighted by Gasteiger charge is -2.32. The summed E-state index contributed by atoms with van der Waals surface area (Å²) in [6, 6.07) is 6.63. The zero-order valence-corrected chi connectivity index (χ0v) is 26.7. The molecule has 41 heavy (non-hydrogen) atoms. The SMILES string of the molecule is CCCCC(CC)Cn1c(-c2cc(C(C)(C)C)c(OC)c(C3(CC)CC3)c2)cc(C(=O)NC2CC(C(=O)O)C2)c1C. The first kappa shape index (κ1) is 31.2. The van der Waals surface area contributed by atoms with Gasteiger partial charge >= 0.3 is 5.97 Å². The van der Waals surface area contributed by atoms with Crippen molar-refractivity contribution >= 4 is 11.9 Å². The molecule has 0 bridgehead atoms. The lowest BCUT2D eigenvalue weighted by atomic mass is 9.80. The van der Waals surface area contributed by atoms with Gasteiger partial charge in [0.2, 0.25) is 0 Å². The van der Waals surface area contributed by atoms with Crippen LogP contribution in [-0.2, 0) is 22.2 Å². The maximum Gasteiger partial charge on any atom is 0.306 e. The molecule has 0 saturated heterocycles. The van der Waals surface area contributed by atoms with E-state index in [1.807, 2.05) is 0 Å². The Morgan fingerprint density at radius 2 is 1.83 bits per heavy atom. The highest BCUT2D eigenvalue weighted by atomic mass is 16.5. The zero-order chi connectivity index (χ0) is 30.1. The van der Waals surface area contributed by atoms with Crippen molar-refractivity contribution in [1.29, 1.82) is 0 Å². The number of hydrogen-bond donors (Lipinski definition) is 2. The van der Waals surface area contributed by atoms with Crippen molar-refractivity contribution in [1.82, 2.24) is 9.88 Å². The van der Waals surface area contributed by atoms with Crippen LogP contribution in [0.4, 0.5) is 0 Å². The summed E-state index contributed by atoms with van der Waals surface area (Å²) in [6.07, 6.45) is 9.07. The first-order chi connectivity index (χ1) is 19.4. The first-order valence-electron chi connectivity index (χ1n) is 15.9. The van der Waals surface area contributed by atoms with Crippen LogP contribution in [0.3, 0.4) is 0 Å². The quantitative estimate of drug-likeness (QED) is 0.258. The van der Waals surface area contributed by atoms with Crippen LogP contribution in [0.1, 0.15) is 127 Å². The van der Waals surface area contributed by atoms with E-state index < -0.39 is 5.97 Å². The Morgan fingerprint density at radius 1 is 1.15 bits per heavy atom. The van der Waals surface area contributed by atoms with Crippen LogP contribution in [0, 0.1) is 18.8 Å². The van der Waals surface area contributed by atoms with Crippen LogP contribution in [0.25, 0.3) is 11.3 Å². The molecule has 2 N–H and O–H groups in total. The number of carbonyl (C=O) groups excluding carboxylic acids is 1. The van der Waals surface area contributed by atoms with Gasteiger partial charge in [-0.3, -0.25) is 9.59 Å². The molecule has 2 fully saturated rings. The Hall–Kier alpha value is -2.76. The molecule has 2 saturated carbocycles. The van der Waals surface area contributed by atoms with Gasteiger partial charge < -0.3 is 19.7 Å². The van der Waals surface area contributed by atoms with Gasteiger partial charge in [-0.05, 0) is 86.0 Å². The topological polar surface area (TPSA) is 80.6 Å². The van der Waals surface area contributed by atoms with E-state index in [0.717, 1.165) is 42.1 Å². The van der Waals surface area contributed by atoms with Crippen molar-refractivity contribution in [2.24, 2.45) is 11.8 Å². The average Bonchev–Trinajstić information content (AvgIpc) is 3.64. The fourth-order valence-corrected chi connectivity index (χ4v) is 6.64. The van der Waals surface area contributed by atoms with E-state index in [2.05, 4.69) is 76.5 Å². The monoisotopic (exact) mass is 564 g/mol. The van der Waals surface area contributed by atoms with Gasteiger partial charge in [0.1, 0.15) is 5.75 Å². The van der Waals surface area contributed by atoms with Crippen LogP contribution in [-0.4, -0.2) is 34.7 Å². The number of aliphatic carboxylic acids is 1. The second-order valence-electron chi connectivity index (χ2n) is 13.7. The number of ether oxygens (including phenoxy) is 1. The van der Waals surface area contributed by atoms with Gasteiger partial charge in [0.15, 0.2) is 0 Å². The second kappa shape index (κ2) is 12.2. The number of carboxylic acid groups (broad SMARTS) is 1. The minimum Gasteiger partial charge on any atom is -0.496 e. The van der Waals surface area contributed by atoms with Crippen LogP contribution in [0.15, 0.2) is 18.2 Å². The summed E-state index contributed by atoms with van der Waals surface area (Å²) in [6.45, 7) is 16.5. The maximum absolute atomic E-state index is 13.6. The van der Waals surface area contributed by atoms with E-state index in [-0.39, 0.29) is 28.7 Å². The van der Waals surface area contributed by atoms with Gasteiger partial charge in [-0.1, -0.05) is 60.8 Å². The van der Waals surface area contributed by atoms with Crippen molar-refractivity contribution in [2.75, 3.05) is 7.11 Å². The molecule has 6 heteroatoms. The number of nitrogens with zero attached hydrogens (tertiary/aromatic N) is 1. The van der Waals surface area contributed by atoms with E-state index >= 15 is 0 Å². The van der Waals surface area contributed by atoms with Gasteiger partial charge in [-0.2, -0.15) is 0 Å². The molecule has 1 atom stereocenters. The zero-order valence-electron chi connectivity index (χ0n) is 26.7. The van der Waals surface area contributed by atoms with Crippen molar-refractivity contribution in [3.63, 3.8) is 0 Å². The number of hydrogen-bond acceptors (Lipinski definition) is 3. The molecule has 2 aromatic rings. The third-order valence-corrected chi connectivity index (χ3v) is 9.92. The molecule has 2 aliphatic carbocycles. The number of carboxylic acids is 1. The summed E-state index contributed by atoms with van der Waals surface area (Å²) in [4.78, 5) is 24.9. The predicted octanol–water partition coefficient (Wildman–Crippen LogP) is 8.02. The number of rotatable bonds is 13. The van der Waals surface area contributed by atoms with Crippen molar-refractivity contribution < 1.29 is 19.4 Å². The Labute approximate surface area is 247 Å². The minimum atomic E-state index is -0.775. The van der Waals surface area contributed by atoms with Gasteiger partial charge in [0.05, 0.1) is 18.6 Å². The highest BCUT2D eigenvalue weighted by Crippen LogP contribution is 2.56. The number of aromatic nitrogens is 1. The molecule has 0 spiro atoms. The first-order valence-corrected chi connectivity index (χ1v) is 15.9. The molecule has 1 aromatic heterocycles. The van der Waals surface area contributed by atoms with Crippen LogP contribution < -0.4 is 10.1 Å². The summed E-state index contributed by atoms with van der Waals surface area (Å²) in [5, 5.41) is 12.4. The van der Waals surface area contributed by atoms with E-state index in [0.29, 0.717) is 24.3 Å². The number of unbranched alkanes of at least 4 members (excludes halogenated alkanes) is 1. The van der Waals surface area contributed by atoms with Gasteiger partial charge in [0, 0.05) is 35.1 Å². The molecule has 1 unspecified atom stereocenters. The molecule has 4 rings (SSSR count). The van der Waals surface area contributed by atoms with Crippen molar-refractivity contribution in [3.8, 4) is 17.0 Å². The number of nitrogens with one attached hydrogen (secondary N) is 1. The smallest absolute Gasteiger partial charge is 0.306 e. The third kappa shape index (κ3) is 6.36. The van der Waals surface area contributed by atoms with Crippen LogP contribution in [0.2, 0.25) is 0 Å². The van der Waals surface area contributed by atoms with Gasteiger partial charge in [0.25, 0.3) is 5.91 Å². The molecule has 0 aliphatic heterocycles. The average molecular weight is 565 g/mol. The van der Waals surface area contributed by atoms with E-state index in [1.54, 1.807) is 7.11 Å². The number of amides is 1. The fourth-order valence-electron chi connectivity index (χ4n) is 6.64. The van der Waals surface area contributed by atoms with Crippen molar-refractivity contribution in [3.05, 3.63) is 40.6 Å². The predicted molar refractivity (Wildman–Crippen MR) is 166 cm³/mol. The van der Waals surface area contributed by atoms with Crippen molar-refractivity contribution in [2.45, 2.75) is 130 Å². The van der Waals surface area contributed by atoms with Crippen LogP contribution in [0.5, 0.6) is 5.75 Å². The van der Waals surface area contributed by atoms with E-state index in [1.165, 1.54) is 43.2 Å². The van der Waals surface area contributed by atoms with Gasteiger partial charge in [-0.15, -0.1) is 0 Å². The summed E-state index contributed by atoms with van der Waals surface area (Å²) in [7, 11) is 1.80. The molecular weight excluding hydrogens is 512 g/mol. The van der Waals surface area contributed by atoms with Crippen LogP contribution >= 0.6 is 0 Å². The van der Waals surface area contributed by atoms with E-state index in [9.17, 15) is 14.7 Å². The Morgan fingerprint density at radius 3 is 2.34 bits per heavy atom. The Balaban J connectivity index is 1.82. The second-order valence-corrected chi connectivity index (χ2v) is 13.7. The third-order valence-electron chi connectivity index (χ3n) is 9.92. The van der Waals surface area contributed by atoms with Gasteiger partial charge in [-0.25, -0.2) is 0 Å². The number of methoxy groups -OCH3 is 1. The highest BCUT2D eigenvalue weighted by Gasteiger charge is 2.46. The highest BCUT2D eigenvalue weighted by molar-refractivity contribution is 5.97. The summed E-state index contributed by atoms with van der Waals surface area (Å²) in [5.74, 6) is 0.315. The molecule has 6 nitrogen and oxygen atoms in total. The fraction of sp³-hybridized carbons (Fsp3) is 0.657. The lowest BCUT2D eigenvalue weighted by Crippen LogP contribution is -2.46. The summed E-state index contributed by atoms with van der Waals surface area (Å²) < 4.78 is 8.50. The normalized spacial score (nSPS) is 20.3. The Kier molecular flexibility index (Phi) is 9.30. The molecular formula is C35H52N2O4. The molecule has 2 aliphatic rings.